The Bertz CT molecular complexity index is 826. The number of carbonyl (C=O) groups is 3. The lowest BCUT2D eigenvalue weighted by Gasteiger charge is -2.15. The fraction of sp³-hybridized carbons (Fsp3) is 0.421. The Kier molecular flexibility index (Phi) is 5.25. The number of aryl methyl sites for hydroxylation is 1. The molecule has 138 valence electrons. The zero-order chi connectivity index (χ0) is 18.7. The van der Waals surface area contributed by atoms with Gasteiger partial charge in [-0.2, -0.15) is 0 Å². The maximum absolute atomic E-state index is 12.1. The number of H-pyrrole nitrogens is 1. The first-order chi connectivity index (χ1) is 12.5. The molecule has 0 spiro atoms. The van der Waals surface area contributed by atoms with Crippen molar-refractivity contribution in [3.05, 3.63) is 35.5 Å². The van der Waals surface area contributed by atoms with Gasteiger partial charge in [0.2, 0.25) is 11.8 Å². The Morgan fingerprint density at radius 1 is 1.35 bits per heavy atom. The van der Waals surface area contributed by atoms with Gasteiger partial charge in [0.05, 0.1) is 6.54 Å². The molecule has 1 aliphatic rings. The first kappa shape index (κ1) is 18.0. The smallest absolute Gasteiger partial charge is 0.324 e. The van der Waals surface area contributed by atoms with Gasteiger partial charge in [0.1, 0.15) is 0 Å². The van der Waals surface area contributed by atoms with Crippen LogP contribution in [0.4, 0.5) is 4.79 Å². The topological polar surface area (TPSA) is 94.3 Å². The summed E-state index contributed by atoms with van der Waals surface area (Å²) in [6.07, 6.45) is 3.48. The quantitative estimate of drug-likeness (QED) is 0.661. The van der Waals surface area contributed by atoms with Crippen LogP contribution in [0, 0.1) is 6.92 Å². The third kappa shape index (κ3) is 3.87. The highest BCUT2D eigenvalue weighted by atomic mass is 16.2. The van der Waals surface area contributed by atoms with Crippen LogP contribution in [0.5, 0.6) is 0 Å². The van der Waals surface area contributed by atoms with Crippen molar-refractivity contribution in [1.29, 1.82) is 0 Å². The van der Waals surface area contributed by atoms with Gasteiger partial charge >= 0.3 is 6.03 Å². The summed E-state index contributed by atoms with van der Waals surface area (Å²) in [5.41, 5.74) is 3.51. The second-order valence-corrected chi connectivity index (χ2v) is 6.79. The molecule has 3 N–H and O–H groups in total. The normalized spacial score (nSPS) is 15.4. The van der Waals surface area contributed by atoms with E-state index in [9.17, 15) is 14.4 Å². The number of fused-ring (bicyclic) bond motifs is 1. The molecule has 3 rings (SSSR count). The van der Waals surface area contributed by atoms with Gasteiger partial charge in [0.25, 0.3) is 0 Å². The molecule has 0 bridgehead atoms. The summed E-state index contributed by atoms with van der Waals surface area (Å²) in [4.78, 5) is 39.5. The van der Waals surface area contributed by atoms with Crippen LogP contribution in [0.3, 0.4) is 0 Å². The van der Waals surface area contributed by atoms with E-state index < -0.39 is 0 Å². The maximum Gasteiger partial charge on any atom is 0.324 e. The predicted molar refractivity (Wildman–Crippen MR) is 98.7 cm³/mol. The highest BCUT2D eigenvalue weighted by Gasteiger charge is 2.27. The molecule has 7 nitrogen and oxygen atoms in total. The molecular weight excluding hydrogens is 332 g/mol. The van der Waals surface area contributed by atoms with Gasteiger partial charge in [-0.05, 0) is 37.8 Å². The number of hydrogen-bond donors (Lipinski definition) is 3. The second-order valence-electron chi connectivity index (χ2n) is 6.79. The lowest BCUT2D eigenvalue weighted by Crippen LogP contribution is -2.35. The molecule has 4 amide bonds. The van der Waals surface area contributed by atoms with E-state index in [1.165, 1.54) is 16.5 Å². The summed E-state index contributed by atoms with van der Waals surface area (Å²) in [6.45, 7) is 4.36. The third-order valence-electron chi connectivity index (χ3n) is 4.67. The SMILES string of the molecule is Cc1cccc2c(C[C@@H](C)NC(=O)CCCN3C(=O)CNC3=O)c[nH]c12. The fourth-order valence-corrected chi connectivity index (χ4v) is 3.34. The molecular formula is C19H24N4O3. The highest BCUT2D eigenvalue weighted by molar-refractivity contribution is 6.01. The number of nitrogens with one attached hydrogen (secondary N) is 3. The number of aromatic nitrogens is 1. The molecule has 1 aliphatic heterocycles. The van der Waals surface area contributed by atoms with Crippen molar-refractivity contribution in [2.45, 2.75) is 39.2 Å². The fourth-order valence-electron chi connectivity index (χ4n) is 3.34. The van der Waals surface area contributed by atoms with Crippen molar-refractivity contribution in [2.24, 2.45) is 0 Å². The number of hydrogen-bond acceptors (Lipinski definition) is 3. The molecule has 26 heavy (non-hydrogen) atoms. The van der Waals surface area contributed by atoms with Gasteiger partial charge in [-0.25, -0.2) is 4.79 Å². The number of para-hydroxylation sites is 1. The van der Waals surface area contributed by atoms with E-state index in [0.29, 0.717) is 6.42 Å². The van der Waals surface area contributed by atoms with E-state index >= 15 is 0 Å². The van der Waals surface area contributed by atoms with Crippen molar-refractivity contribution in [3.8, 4) is 0 Å². The van der Waals surface area contributed by atoms with Gasteiger partial charge in [-0.15, -0.1) is 0 Å². The molecule has 0 saturated carbocycles. The van der Waals surface area contributed by atoms with Crippen LogP contribution in [0.2, 0.25) is 0 Å². The number of imide groups is 1. The van der Waals surface area contributed by atoms with Crippen molar-refractivity contribution in [1.82, 2.24) is 20.5 Å². The lowest BCUT2D eigenvalue weighted by molar-refractivity contribution is -0.126. The summed E-state index contributed by atoms with van der Waals surface area (Å²) >= 11 is 0. The third-order valence-corrected chi connectivity index (χ3v) is 4.67. The number of nitrogens with zero attached hydrogens (tertiary/aromatic N) is 1. The molecule has 2 heterocycles. The number of urea groups is 1. The monoisotopic (exact) mass is 356 g/mol. The summed E-state index contributed by atoms with van der Waals surface area (Å²) in [6, 6.07) is 5.81. The zero-order valence-corrected chi connectivity index (χ0v) is 15.1. The van der Waals surface area contributed by atoms with E-state index in [0.717, 1.165) is 16.8 Å². The molecule has 0 aliphatic carbocycles. The molecule has 1 saturated heterocycles. The van der Waals surface area contributed by atoms with Gasteiger partial charge < -0.3 is 15.6 Å². The minimum atomic E-state index is -0.376. The number of benzene rings is 1. The highest BCUT2D eigenvalue weighted by Crippen LogP contribution is 2.22. The van der Waals surface area contributed by atoms with Gasteiger partial charge in [-0.1, -0.05) is 18.2 Å². The summed E-state index contributed by atoms with van der Waals surface area (Å²) in [5.74, 6) is -0.306. The van der Waals surface area contributed by atoms with Gasteiger partial charge in [0.15, 0.2) is 0 Å². The molecule has 1 fully saturated rings. The Morgan fingerprint density at radius 2 is 2.15 bits per heavy atom. The Labute approximate surface area is 152 Å². The minimum absolute atomic E-state index is 0.00118. The van der Waals surface area contributed by atoms with Crippen LogP contribution in [0.1, 0.15) is 30.9 Å². The molecule has 0 unspecified atom stereocenters. The number of amides is 4. The summed E-state index contributed by atoms with van der Waals surface area (Å²) in [5, 5.41) is 6.64. The largest absolute Gasteiger partial charge is 0.361 e. The van der Waals surface area contributed by atoms with Crippen molar-refractivity contribution < 1.29 is 14.4 Å². The van der Waals surface area contributed by atoms with E-state index in [1.807, 2.05) is 19.2 Å². The number of carbonyl (C=O) groups excluding carboxylic acids is 3. The van der Waals surface area contributed by atoms with Gasteiger partial charge in [0, 0.05) is 36.1 Å². The summed E-state index contributed by atoms with van der Waals surface area (Å²) in [7, 11) is 0. The van der Waals surface area contributed by atoms with Crippen LogP contribution in [0.25, 0.3) is 10.9 Å². The number of rotatable bonds is 7. The first-order valence-electron chi connectivity index (χ1n) is 8.89. The van der Waals surface area contributed by atoms with E-state index in [4.69, 9.17) is 0 Å². The molecule has 1 aromatic carbocycles. The Morgan fingerprint density at radius 3 is 2.88 bits per heavy atom. The minimum Gasteiger partial charge on any atom is -0.361 e. The molecule has 2 aromatic rings. The van der Waals surface area contributed by atoms with Crippen LogP contribution in [-0.2, 0) is 16.0 Å². The molecule has 7 heteroatoms. The molecule has 1 atom stereocenters. The van der Waals surface area contributed by atoms with Gasteiger partial charge in [-0.3, -0.25) is 14.5 Å². The number of aromatic amines is 1. The van der Waals surface area contributed by atoms with Crippen LogP contribution in [0.15, 0.2) is 24.4 Å². The Hall–Kier alpha value is -2.83. The van der Waals surface area contributed by atoms with Crippen molar-refractivity contribution in [2.75, 3.05) is 13.1 Å². The summed E-state index contributed by atoms with van der Waals surface area (Å²) < 4.78 is 0. The van der Waals surface area contributed by atoms with Crippen molar-refractivity contribution in [3.63, 3.8) is 0 Å². The average Bonchev–Trinajstić information content (AvgIpc) is 3.14. The van der Waals surface area contributed by atoms with Crippen LogP contribution in [-0.4, -0.2) is 46.9 Å². The predicted octanol–water partition coefficient (Wildman–Crippen LogP) is 1.86. The maximum atomic E-state index is 12.1. The first-order valence-corrected chi connectivity index (χ1v) is 8.89. The molecule has 0 radical (unpaired) electrons. The van der Waals surface area contributed by atoms with Crippen LogP contribution >= 0.6 is 0 Å². The second kappa shape index (κ2) is 7.59. The van der Waals surface area contributed by atoms with E-state index in [2.05, 4.69) is 34.7 Å². The Balaban J connectivity index is 1.47. The van der Waals surface area contributed by atoms with Crippen molar-refractivity contribution >= 4 is 28.7 Å². The molecule has 1 aromatic heterocycles. The average molecular weight is 356 g/mol. The standard InChI is InChI=1S/C19H24N4O3/c1-12-5-3-6-15-14(10-20-18(12)15)9-13(2)22-16(24)7-4-8-23-17(25)11-21-19(23)26/h3,5-6,10,13,20H,4,7-9,11H2,1-2H3,(H,21,26)(H,22,24)/t13-/m1/s1. The van der Waals surface area contributed by atoms with E-state index in [-0.39, 0.29) is 43.4 Å². The zero-order valence-electron chi connectivity index (χ0n) is 15.1. The lowest BCUT2D eigenvalue weighted by atomic mass is 10.0. The van der Waals surface area contributed by atoms with E-state index in [1.54, 1.807) is 0 Å². The van der Waals surface area contributed by atoms with Crippen LogP contribution < -0.4 is 10.6 Å².